The second-order valence-corrected chi connectivity index (χ2v) is 3.44. The van der Waals surface area contributed by atoms with E-state index in [4.69, 9.17) is 9.47 Å². The molecule has 0 aromatic rings. The summed E-state index contributed by atoms with van der Waals surface area (Å²) in [5.74, 6) is 4.92. The first-order chi connectivity index (χ1) is 8.13. The molecule has 1 atom stereocenters. The molecule has 0 radical (unpaired) electrons. The van der Waals surface area contributed by atoms with Gasteiger partial charge in [0.05, 0.1) is 6.61 Å². The molecule has 0 aliphatic carbocycles. The fourth-order valence-corrected chi connectivity index (χ4v) is 1.20. The Kier molecular flexibility index (Phi) is 8.85. The second-order valence-electron chi connectivity index (χ2n) is 3.44. The summed E-state index contributed by atoms with van der Waals surface area (Å²) in [4.78, 5) is 22.4. The number of hydrogen-bond donors (Lipinski definition) is 0. The summed E-state index contributed by atoms with van der Waals surface area (Å²) in [7, 11) is 0. The molecule has 0 saturated carbocycles. The molecule has 96 valence electrons. The summed E-state index contributed by atoms with van der Waals surface area (Å²) >= 11 is 0. The Morgan fingerprint density at radius 2 is 1.82 bits per heavy atom. The molecular weight excluding hydrogens is 220 g/mol. The number of carbonyl (C=O) groups is 2. The van der Waals surface area contributed by atoms with Crippen molar-refractivity contribution in [1.29, 1.82) is 0 Å². The smallest absolute Gasteiger partial charge is 0.307 e. The van der Waals surface area contributed by atoms with Crippen LogP contribution in [0.15, 0.2) is 0 Å². The first-order valence-electron chi connectivity index (χ1n) is 5.91. The van der Waals surface area contributed by atoms with Gasteiger partial charge in [0.1, 0.15) is 0 Å². The zero-order valence-corrected chi connectivity index (χ0v) is 10.7. The van der Waals surface area contributed by atoms with Gasteiger partial charge < -0.3 is 9.47 Å². The Labute approximate surface area is 103 Å². The van der Waals surface area contributed by atoms with Gasteiger partial charge in [0.15, 0.2) is 6.10 Å². The van der Waals surface area contributed by atoms with Gasteiger partial charge in [0.2, 0.25) is 0 Å². The van der Waals surface area contributed by atoms with Gasteiger partial charge in [-0.3, -0.25) is 9.59 Å². The Balaban J connectivity index is 3.78. The molecular formula is C13H20O4. The SMILES string of the molecule is CC#CC(CC)OC(=O)CCCC(=O)OCC. The highest BCUT2D eigenvalue weighted by Crippen LogP contribution is 2.04. The third-order valence-corrected chi connectivity index (χ3v) is 2.02. The quantitative estimate of drug-likeness (QED) is 0.505. The Hall–Kier alpha value is -1.50. The van der Waals surface area contributed by atoms with Gasteiger partial charge >= 0.3 is 11.9 Å². The maximum absolute atomic E-state index is 11.4. The minimum absolute atomic E-state index is 0.223. The van der Waals surface area contributed by atoms with Crippen LogP contribution in [0, 0.1) is 11.8 Å². The molecule has 17 heavy (non-hydrogen) atoms. The predicted molar refractivity (Wildman–Crippen MR) is 64.1 cm³/mol. The number of ether oxygens (including phenoxy) is 2. The van der Waals surface area contributed by atoms with Crippen LogP contribution in [0.3, 0.4) is 0 Å². The number of hydrogen-bond acceptors (Lipinski definition) is 4. The lowest BCUT2D eigenvalue weighted by atomic mass is 10.2. The molecule has 0 fully saturated rings. The lowest BCUT2D eigenvalue weighted by Gasteiger charge is -2.09. The number of rotatable bonds is 7. The van der Waals surface area contributed by atoms with Crippen LogP contribution in [0.25, 0.3) is 0 Å². The maximum atomic E-state index is 11.4. The van der Waals surface area contributed by atoms with E-state index in [1.54, 1.807) is 13.8 Å². The van der Waals surface area contributed by atoms with E-state index in [1.165, 1.54) is 0 Å². The molecule has 0 saturated heterocycles. The predicted octanol–water partition coefficient (Wildman–Crippen LogP) is 2.06. The molecule has 0 bridgehead atoms. The molecule has 1 unspecified atom stereocenters. The zero-order valence-electron chi connectivity index (χ0n) is 10.7. The van der Waals surface area contributed by atoms with Crippen LogP contribution < -0.4 is 0 Å². The zero-order chi connectivity index (χ0) is 13.1. The first-order valence-corrected chi connectivity index (χ1v) is 5.91. The molecule has 0 spiro atoms. The highest BCUT2D eigenvalue weighted by Gasteiger charge is 2.10. The van der Waals surface area contributed by atoms with Crippen LogP contribution in [-0.2, 0) is 19.1 Å². The van der Waals surface area contributed by atoms with Crippen LogP contribution >= 0.6 is 0 Å². The van der Waals surface area contributed by atoms with Gasteiger partial charge in [-0.05, 0) is 26.7 Å². The fourth-order valence-electron chi connectivity index (χ4n) is 1.20. The summed E-state index contributed by atoms with van der Waals surface area (Å²) < 4.78 is 9.87. The minimum atomic E-state index is -0.338. The summed E-state index contributed by atoms with van der Waals surface area (Å²) in [6.07, 6.45) is 1.26. The van der Waals surface area contributed by atoms with Crippen LogP contribution in [-0.4, -0.2) is 24.6 Å². The van der Waals surface area contributed by atoms with Crippen molar-refractivity contribution in [3.8, 4) is 11.8 Å². The third kappa shape index (κ3) is 8.32. The van der Waals surface area contributed by atoms with E-state index in [1.807, 2.05) is 6.92 Å². The monoisotopic (exact) mass is 240 g/mol. The summed E-state index contributed by atoms with van der Waals surface area (Å²) in [6.45, 7) is 5.73. The van der Waals surface area contributed by atoms with Crippen LogP contribution in [0.4, 0.5) is 0 Å². The molecule has 4 heteroatoms. The van der Waals surface area contributed by atoms with Crippen LogP contribution in [0.2, 0.25) is 0 Å². The van der Waals surface area contributed by atoms with Crippen LogP contribution in [0.1, 0.15) is 46.5 Å². The average Bonchev–Trinajstić information content (AvgIpc) is 2.28. The molecule has 0 heterocycles. The lowest BCUT2D eigenvalue weighted by molar-refractivity contribution is -0.147. The van der Waals surface area contributed by atoms with Crippen molar-refractivity contribution in [3.05, 3.63) is 0 Å². The van der Waals surface area contributed by atoms with Gasteiger partial charge in [-0.2, -0.15) is 0 Å². The Morgan fingerprint density at radius 3 is 2.35 bits per heavy atom. The molecule has 0 aromatic heterocycles. The molecule has 0 amide bonds. The van der Waals surface area contributed by atoms with Crippen molar-refractivity contribution in [2.75, 3.05) is 6.61 Å². The standard InChI is InChI=1S/C13H20O4/c1-4-8-11(5-2)17-13(15)10-7-9-12(14)16-6-3/h11H,5-7,9-10H2,1-3H3. The third-order valence-electron chi connectivity index (χ3n) is 2.02. The minimum Gasteiger partial charge on any atom is -0.466 e. The summed E-state index contributed by atoms with van der Waals surface area (Å²) in [5.41, 5.74) is 0. The van der Waals surface area contributed by atoms with Gasteiger partial charge in [-0.25, -0.2) is 0 Å². The van der Waals surface area contributed by atoms with E-state index in [-0.39, 0.29) is 30.9 Å². The Morgan fingerprint density at radius 1 is 1.18 bits per heavy atom. The van der Waals surface area contributed by atoms with Crippen molar-refractivity contribution in [1.82, 2.24) is 0 Å². The molecule has 4 nitrogen and oxygen atoms in total. The van der Waals surface area contributed by atoms with Crippen molar-refractivity contribution in [3.63, 3.8) is 0 Å². The molecule has 0 N–H and O–H groups in total. The van der Waals surface area contributed by atoms with E-state index < -0.39 is 0 Å². The number of esters is 2. The van der Waals surface area contributed by atoms with E-state index >= 15 is 0 Å². The highest BCUT2D eigenvalue weighted by atomic mass is 16.5. The summed E-state index contributed by atoms with van der Waals surface area (Å²) in [6, 6.07) is 0. The van der Waals surface area contributed by atoms with E-state index in [0.29, 0.717) is 19.4 Å². The first kappa shape index (κ1) is 15.5. The molecule has 0 aliphatic rings. The number of carbonyl (C=O) groups excluding carboxylic acids is 2. The van der Waals surface area contributed by atoms with E-state index in [2.05, 4.69) is 11.8 Å². The van der Waals surface area contributed by atoms with Gasteiger partial charge in [0.25, 0.3) is 0 Å². The second kappa shape index (κ2) is 9.71. The average molecular weight is 240 g/mol. The van der Waals surface area contributed by atoms with Crippen molar-refractivity contribution >= 4 is 11.9 Å². The van der Waals surface area contributed by atoms with Crippen LogP contribution in [0.5, 0.6) is 0 Å². The van der Waals surface area contributed by atoms with Crippen molar-refractivity contribution < 1.29 is 19.1 Å². The van der Waals surface area contributed by atoms with Gasteiger partial charge in [-0.15, -0.1) is 5.92 Å². The Bertz CT molecular complexity index is 298. The molecule has 0 aliphatic heterocycles. The highest BCUT2D eigenvalue weighted by molar-refractivity contribution is 5.72. The normalized spacial score (nSPS) is 11.0. The van der Waals surface area contributed by atoms with Gasteiger partial charge in [-0.1, -0.05) is 12.8 Å². The van der Waals surface area contributed by atoms with Crippen molar-refractivity contribution in [2.24, 2.45) is 0 Å². The van der Waals surface area contributed by atoms with Crippen molar-refractivity contribution in [2.45, 2.75) is 52.6 Å². The lowest BCUT2D eigenvalue weighted by Crippen LogP contribution is -2.16. The van der Waals surface area contributed by atoms with E-state index in [0.717, 1.165) is 0 Å². The maximum Gasteiger partial charge on any atom is 0.307 e. The summed E-state index contributed by atoms with van der Waals surface area (Å²) in [5, 5.41) is 0. The fraction of sp³-hybridized carbons (Fsp3) is 0.692. The molecule has 0 rings (SSSR count). The van der Waals surface area contributed by atoms with Gasteiger partial charge in [0, 0.05) is 12.8 Å². The largest absolute Gasteiger partial charge is 0.466 e. The molecule has 0 aromatic carbocycles. The topological polar surface area (TPSA) is 52.6 Å². The van der Waals surface area contributed by atoms with E-state index in [9.17, 15) is 9.59 Å².